The molecule has 8 heteroatoms. The summed E-state index contributed by atoms with van der Waals surface area (Å²) in [6.07, 6.45) is 0. The Morgan fingerprint density at radius 2 is 1.10 bits per heavy atom. The van der Waals surface area contributed by atoms with E-state index >= 15 is 0 Å². The Kier molecular flexibility index (Phi) is 3.21. The van der Waals surface area contributed by atoms with Crippen LogP contribution in [0.25, 0.3) is 11.1 Å². The molecule has 2 rings (SSSR count). The molecule has 0 radical (unpaired) electrons. The van der Waals surface area contributed by atoms with Crippen LogP contribution in [0, 0.1) is 20.2 Å². The Balaban J connectivity index is 2.88. The molecule has 102 valence electrons. The van der Waals surface area contributed by atoms with Crippen molar-refractivity contribution >= 4 is 22.7 Å². The van der Waals surface area contributed by atoms with Crippen LogP contribution < -0.4 is 11.5 Å². The van der Waals surface area contributed by atoms with Gasteiger partial charge in [0, 0.05) is 23.5 Å². The second-order valence-corrected chi connectivity index (χ2v) is 4.00. The first-order chi connectivity index (χ1) is 9.43. The number of nitrogens with two attached hydrogens (primary N) is 2. The smallest absolute Gasteiger partial charge is 0.279 e. The number of nitrogens with zero attached hydrogens (tertiary/aromatic N) is 2. The quantitative estimate of drug-likeness (QED) is 0.500. The van der Waals surface area contributed by atoms with E-state index in [1.165, 1.54) is 36.4 Å². The minimum absolute atomic E-state index is 0.0395. The Morgan fingerprint density at radius 1 is 0.750 bits per heavy atom. The van der Waals surface area contributed by atoms with Gasteiger partial charge in [-0.1, -0.05) is 12.1 Å². The lowest BCUT2D eigenvalue weighted by atomic mass is 9.98. The van der Waals surface area contributed by atoms with Crippen molar-refractivity contribution in [2.45, 2.75) is 0 Å². The molecule has 2 aromatic rings. The van der Waals surface area contributed by atoms with Gasteiger partial charge >= 0.3 is 0 Å². The van der Waals surface area contributed by atoms with Crippen LogP contribution in [-0.2, 0) is 0 Å². The molecule has 0 heterocycles. The standard InChI is InChI=1S/C12H10N4O4/c13-7-3-1-5-9(15(17)18)11(7)12-8(14)4-2-6-10(12)16(19)20/h1-6H,13-14H2. The number of nitro groups is 2. The maximum Gasteiger partial charge on any atom is 0.279 e. The zero-order chi connectivity index (χ0) is 14.9. The molecule has 0 aromatic heterocycles. The molecule has 0 bridgehead atoms. The predicted molar refractivity (Wildman–Crippen MR) is 74.0 cm³/mol. The topological polar surface area (TPSA) is 138 Å². The maximum absolute atomic E-state index is 11.1. The Morgan fingerprint density at radius 3 is 1.40 bits per heavy atom. The summed E-state index contributed by atoms with van der Waals surface area (Å²) in [7, 11) is 0. The van der Waals surface area contributed by atoms with Crippen LogP contribution in [0.2, 0.25) is 0 Å². The van der Waals surface area contributed by atoms with Crippen molar-refractivity contribution in [2.24, 2.45) is 0 Å². The van der Waals surface area contributed by atoms with Gasteiger partial charge in [0.1, 0.15) is 0 Å². The van der Waals surface area contributed by atoms with Crippen LogP contribution in [0.5, 0.6) is 0 Å². The highest BCUT2D eigenvalue weighted by molar-refractivity contribution is 5.95. The molecule has 0 atom stereocenters. The SMILES string of the molecule is Nc1cccc([N+](=O)[O-])c1-c1c(N)cccc1[N+](=O)[O-]. The fourth-order valence-corrected chi connectivity index (χ4v) is 1.96. The number of anilines is 2. The molecule has 2 aromatic carbocycles. The Bertz CT molecular complexity index is 653. The van der Waals surface area contributed by atoms with Crippen molar-refractivity contribution in [1.82, 2.24) is 0 Å². The molecule has 8 nitrogen and oxygen atoms in total. The summed E-state index contributed by atoms with van der Waals surface area (Å²) in [6, 6.07) is 8.12. The fourth-order valence-electron chi connectivity index (χ4n) is 1.96. The van der Waals surface area contributed by atoms with Crippen molar-refractivity contribution in [1.29, 1.82) is 0 Å². The third kappa shape index (κ3) is 2.09. The van der Waals surface area contributed by atoms with Crippen LogP contribution >= 0.6 is 0 Å². The van der Waals surface area contributed by atoms with E-state index in [2.05, 4.69) is 0 Å². The highest BCUT2D eigenvalue weighted by atomic mass is 16.6. The average Bonchev–Trinajstić information content (AvgIpc) is 2.38. The molecule has 0 unspecified atom stereocenters. The second kappa shape index (κ2) is 4.84. The summed E-state index contributed by atoms with van der Waals surface area (Å²) >= 11 is 0. The van der Waals surface area contributed by atoms with Crippen molar-refractivity contribution in [3.05, 3.63) is 56.6 Å². The lowest BCUT2D eigenvalue weighted by Gasteiger charge is -2.09. The summed E-state index contributed by atoms with van der Waals surface area (Å²) in [5.41, 5.74) is 10.9. The number of nitrogen functional groups attached to an aromatic ring is 2. The Labute approximate surface area is 112 Å². The van der Waals surface area contributed by atoms with Gasteiger partial charge in [0.05, 0.1) is 21.0 Å². The minimum Gasteiger partial charge on any atom is -0.398 e. The van der Waals surface area contributed by atoms with Gasteiger partial charge in [-0.2, -0.15) is 0 Å². The third-order valence-corrected chi connectivity index (χ3v) is 2.79. The fraction of sp³-hybridized carbons (Fsp3) is 0. The van der Waals surface area contributed by atoms with E-state index in [4.69, 9.17) is 11.5 Å². The first-order valence-corrected chi connectivity index (χ1v) is 5.49. The number of hydrogen-bond donors (Lipinski definition) is 2. The van der Waals surface area contributed by atoms with Gasteiger partial charge in [-0.05, 0) is 12.1 Å². The molecule has 0 saturated heterocycles. The summed E-state index contributed by atoms with van der Waals surface area (Å²) in [5.74, 6) is 0. The van der Waals surface area contributed by atoms with Crippen molar-refractivity contribution < 1.29 is 9.85 Å². The van der Waals surface area contributed by atoms with E-state index in [-0.39, 0.29) is 33.9 Å². The predicted octanol–water partition coefficient (Wildman–Crippen LogP) is 2.33. The van der Waals surface area contributed by atoms with Crippen LogP contribution in [0.15, 0.2) is 36.4 Å². The van der Waals surface area contributed by atoms with E-state index in [0.717, 1.165) is 0 Å². The van der Waals surface area contributed by atoms with Gasteiger partial charge < -0.3 is 11.5 Å². The minimum atomic E-state index is -0.651. The van der Waals surface area contributed by atoms with Gasteiger partial charge in [-0.3, -0.25) is 20.2 Å². The molecule has 0 amide bonds. The molecular weight excluding hydrogens is 264 g/mol. The highest BCUT2D eigenvalue weighted by Crippen LogP contribution is 2.43. The summed E-state index contributed by atoms with van der Waals surface area (Å²) in [4.78, 5) is 20.9. The van der Waals surface area contributed by atoms with Crippen LogP contribution in [-0.4, -0.2) is 9.85 Å². The molecule has 0 fully saturated rings. The lowest BCUT2D eigenvalue weighted by Crippen LogP contribution is -2.02. The van der Waals surface area contributed by atoms with Gasteiger partial charge in [0.15, 0.2) is 0 Å². The van der Waals surface area contributed by atoms with E-state index in [0.29, 0.717) is 0 Å². The number of rotatable bonds is 3. The molecule has 0 saturated carbocycles. The van der Waals surface area contributed by atoms with E-state index < -0.39 is 9.85 Å². The second-order valence-electron chi connectivity index (χ2n) is 4.00. The van der Waals surface area contributed by atoms with Crippen LogP contribution in [0.1, 0.15) is 0 Å². The van der Waals surface area contributed by atoms with E-state index in [1.807, 2.05) is 0 Å². The maximum atomic E-state index is 11.1. The molecular formula is C12H10N4O4. The number of hydrogen-bond acceptors (Lipinski definition) is 6. The highest BCUT2D eigenvalue weighted by Gasteiger charge is 2.27. The lowest BCUT2D eigenvalue weighted by molar-refractivity contribution is -0.386. The van der Waals surface area contributed by atoms with Gasteiger partial charge in [-0.15, -0.1) is 0 Å². The normalized spacial score (nSPS) is 10.2. The van der Waals surface area contributed by atoms with Crippen molar-refractivity contribution in [3.63, 3.8) is 0 Å². The van der Waals surface area contributed by atoms with Crippen LogP contribution in [0.3, 0.4) is 0 Å². The van der Waals surface area contributed by atoms with Gasteiger partial charge in [0.25, 0.3) is 11.4 Å². The van der Waals surface area contributed by atoms with Gasteiger partial charge in [-0.25, -0.2) is 0 Å². The van der Waals surface area contributed by atoms with Crippen molar-refractivity contribution in [2.75, 3.05) is 11.5 Å². The summed E-state index contributed by atoms with van der Waals surface area (Å²) < 4.78 is 0. The molecule has 4 N–H and O–H groups in total. The average molecular weight is 274 g/mol. The summed E-state index contributed by atoms with van der Waals surface area (Å²) in [6.45, 7) is 0. The van der Waals surface area contributed by atoms with E-state index in [1.54, 1.807) is 0 Å². The third-order valence-electron chi connectivity index (χ3n) is 2.79. The van der Waals surface area contributed by atoms with Gasteiger partial charge in [0.2, 0.25) is 0 Å². The van der Waals surface area contributed by atoms with Crippen LogP contribution in [0.4, 0.5) is 22.7 Å². The molecule has 0 aliphatic rings. The number of benzene rings is 2. The molecule has 0 aliphatic carbocycles. The Hall–Kier alpha value is -3.16. The zero-order valence-corrected chi connectivity index (χ0v) is 10.1. The van der Waals surface area contributed by atoms with Crippen molar-refractivity contribution in [3.8, 4) is 11.1 Å². The molecule has 0 spiro atoms. The molecule has 20 heavy (non-hydrogen) atoms. The monoisotopic (exact) mass is 274 g/mol. The zero-order valence-electron chi connectivity index (χ0n) is 10.1. The first-order valence-electron chi connectivity index (χ1n) is 5.49. The largest absolute Gasteiger partial charge is 0.398 e. The van der Waals surface area contributed by atoms with E-state index in [9.17, 15) is 20.2 Å². The summed E-state index contributed by atoms with van der Waals surface area (Å²) in [5, 5.41) is 22.2. The molecule has 0 aliphatic heterocycles. The first kappa shape index (κ1) is 13.3. The number of nitro benzene ring substituents is 2.